The Bertz CT molecular complexity index is 2250. The van der Waals surface area contributed by atoms with Crippen molar-refractivity contribution in [2.45, 2.75) is 129 Å². The minimum Gasteiger partial charge on any atom is -0.466 e. The molecule has 3 aromatic rings. The molecular weight excluding hydrogens is 1040 g/mol. The molecule has 20 heteroatoms. The lowest BCUT2D eigenvalue weighted by Gasteiger charge is -2.28. The highest BCUT2D eigenvalue weighted by Gasteiger charge is 2.33. The normalized spacial score (nSPS) is 13.8. The minimum absolute atomic E-state index is 0. The average molecular weight is 1130 g/mol. The number of hydrogen-bond donors (Lipinski definition) is 1. The predicted molar refractivity (Wildman–Crippen MR) is 318 cm³/mol. The number of carbonyl (C=O) groups is 6. The Morgan fingerprint density at radius 2 is 1.08 bits per heavy atom. The molecule has 3 aromatic carbocycles. The van der Waals surface area contributed by atoms with Crippen LogP contribution in [0.1, 0.15) is 129 Å². The summed E-state index contributed by atoms with van der Waals surface area (Å²) in [5, 5.41) is 25.4. The molecule has 18 nitrogen and oxygen atoms in total. The van der Waals surface area contributed by atoms with E-state index in [4.69, 9.17) is 24.3 Å². The molecule has 0 spiro atoms. The molecule has 0 radical (unpaired) electrons. The quantitative estimate of drug-likeness (QED) is 0.0292. The molecule has 0 aliphatic carbocycles. The van der Waals surface area contributed by atoms with Gasteiger partial charge in [-0.15, -0.1) is 0 Å². The van der Waals surface area contributed by atoms with Crippen molar-refractivity contribution in [3.63, 3.8) is 0 Å². The van der Waals surface area contributed by atoms with Gasteiger partial charge in [-0.2, -0.15) is 0 Å². The Hall–Kier alpha value is -6.25. The van der Waals surface area contributed by atoms with Crippen molar-refractivity contribution in [1.29, 1.82) is 0 Å². The number of hydrogen-bond acceptors (Lipinski definition) is 15. The molecule has 1 heterocycles. The highest BCUT2D eigenvalue weighted by atomic mass is 31.2. The zero-order valence-electron chi connectivity index (χ0n) is 48.4. The van der Waals surface area contributed by atoms with Crippen molar-refractivity contribution in [2.24, 2.45) is 10.8 Å². The number of ketones is 1. The van der Waals surface area contributed by atoms with Gasteiger partial charge in [0.1, 0.15) is 5.78 Å². The monoisotopic (exact) mass is 1130 g/mol. The fourth-order valence-electron chi connectivity index (χ4n) is 6.24. The summed E-state index contributed by atoms with van der Waals surface area (Å²) in [5.74, 6) is 1.03. The number of Topliss-reactive ketones (excluding diaryl/α,β-unsaturated/α-hetero) is 1. The van der Waals surface area contributed by atoms with Crippen LogP contribution in [0, 0.1) is 31.1 Å². The predicted octanol–water partition coefficient (Wildman–Crippen LogP) is 10.5. The maximum Gasteiger partial charge on any atom is 0.331 e. The minimum atomic E-state index is -2.24. The van der Waals surface area contributed by atoms with Gasteiger partial charge in [-0.25, -0.2) is 9.59 Å². The van der Waals surface area contributed by atoms with Gasteiger partial charge >= 0.3 is 23.9 Å². The second kappa shape index (κ2) is 43.7. The van der Waals surface area contributed by atoms with Crippen LogP contribution in [0.5, 0.6) is 0 Å². The third-order valence-corrected chi connectivity index (χ3v) is 15.9. The number of nitro groups is 2. The van der Waals surface area contributed by atoms with Crippen molar-refractivity contribution in [2.75, 3.05) is 66.1 Å². The molecule has 0 bridgehead atoms. The zero-order valence-corrected chi connectivity index (χ0v) is 50.2. The second-order valence-corrected chi connectivity index (χ2v) is 25.2. The Morgan fingerprint density at radius 3 is 1.36 bits per heavy atom. The molecule has 1 aliphatic rings. The van der Waals surface area contributed by atoms with Gasteiger partial charge in [-0.1, -0.05) is 146 Å². The summed E-state index contributed by atoms with van der Waals surface area (Å²) in [6, 6.07) is 30.7. The van der Waals surface area contributed by atoms with Crippen LogP contribution in [-0.4, -0.2) is 117 Å². The molecule has 440 valence electrons. The van der Waals surface area contributed by atoms with E-state index >= 15 is 0 Å². The summed E-state index contributed by atoms with van der Waals surface area (Å²) >= 11 is 0. The molecule has 1 aliphatic heterocycles. The third kappa shape index (κ3) is 38.3. The number of rotatable bonds is 19. The fourth-order valence-corrected chi connectivity index (χ4v) is 10.6. The smallest absolute Gasteiger partial charge is 0.331 e. The lowest BCUT2D eigenvalue weighted by atomic mass is 9.84. The van der Waals surface area contributed by atoms with Crippen LogP contribution >= 0.6 is 14.0 Å². The first-order chi connectivity index (χ1) is 36.0. The molecule has 1 amide bonds. The van der Waals surface area contributed by atoms with E-state index in [1.165, 1.54) is 6.08 Å². The summed E-state index contributed by atoms with van der Waals surface area (Å²) < 4.78 is 30.4. The molecule has 2 unspecified atom stereocenters. The summed E-state index contributed by atoms with van der Waals surface area (Å²) in [6.07, 6.45) is 5.66. The van der Waals surface area contributed by atoms with Gasteiger partial charge in [0.2, 0.25) is 12.5 Å². The van der Waals surface area contributed by atoms with E-state index in [1.54, 1.807) is 53.7 Å². The number of ether oxygens (including phenoxy) is 4. The van der Waals surface area contributed by atoms with Crippen molar-refractivity contribution < 1.29 is 62.1 Å². The van der Waals surface area contributed by atoms with E-state index in [2.05, 4.69) is 60.3 Å². The zero-order chi connectivity index (χ0) is 59.7. The van der Waals surface area contributed by atoms with Crippen LogP contribution < -0.4 is 21.2 Å². The van der Waals surface area contributed by atoms with Crippen LogP contribution in [0.3, 0.4) is 0 Å². The topological polar surface area (TPSA) is 255 Å². The summed E-state index contributed by atoms with van der Waals surface area (Å²) in [7, 11) is -1.34. The number of benzene rings is 3. The van der Waals surface area contributed by atoms with Gasteiger partial charge in [0.05, 0.1) is 46.2 Å². The number of carbonyl (C=O) groups excluding carboxylic acids is 6. The Balaban J connectivity index is -0.000000445. The lowest BCUT2D eigenvalue weighted by Crippen LogP contribution is -2.29. The summed E-state index contributed by atoms with van der Waals surface area (Å²) in [5.41, 5.74) is 0.714. The van der Waals surface area contributed by atoms with Crippen LogP contribution in [-0.2, 0) is 52.3 Å². The fraction of sp³-hybridized carbons (Fsp3) is 0.534. The van der Waals surface area contributed by atoms with Crippen LogP contribution in [0.15, 0.2) is 103 Å². The highest BCUT2D eigenvalue weighted by molar-refractivity contribution is 7.95. The van der Waals surface area contributed by atoms with Crippen LogP contribution in [0.2, 0.25) is 0 Å². The van der Waals surface area contributed by atoms with E-state index in [0.717, 1.165) is 47.9 Å². The largest absolute Gasteiger partial charge is 0.466 e. The third-order valence-electron chi connectivity index (χ3n) is 11.0. The van der Waals surface area contributed by atoms with Gasteiger partial charge < -0.3 is 33.6 Å². The van der Waals surface area contributed by atoms with E-state index < -0.39 is 24.4 Å². The average Bonchev–Trinajstić information content (AvgIpc) is 3.72. The van der Waals surface area contributed by atoms with Gasteiger partial charge in [0, 0.05) is 46.5 Å². The maximum absolute atomic E-state index is 12.5. The summed E-state index contributed by atoms with van der Waals surface area (Å²) in [6.45, 7) is 25.3. The number of esters is 4. The Labute approximate surface area is 465 Å². The lowest BCUT2D eigenvalue weighted by molar-refractivity contribution is -0.496. The van der Waals surface area contributed by atoms with E-state index in [-0.39, 0.29) is 72.5 Å². The van der Waals surface area contributed by atoms with Crippen molar-refractivity contribution in [3.05, 3.63) is 123 Å². The number of amides is 1. The SMILES string of the molecule is C.CCC(C)=O.CCC1(C)CNC(=O)C1.CCOC(=O)/C=C(\C)CC.CCOC(=O)C=P(c1ccccc1)(c1ccccc1)c1ccccc1.CCOC(=O)CC(C)(CC)C[N+](=O)[O-].CCOC(=O)CP(C)(C)=O.C[N+](=O)[O-]. The van der Waals surface area contributed by atoms with Crippen LogP contribution in [0.25, 0.3) is 0 Å². The first-order valence-corrected chi connectivity index (χ1v) is 30.4. The van der Waals surface area contributed by atoms with Crippen molar-refractivity contribution in [1.82, 2.24) is 5.32 Å². The van der Waals surface area contributed by atoms with E-state index in [1.807, 2.05) is 89.2 Å². The molecule has 4 rings (SSSR count). The number of nitrogens with zero attached hydrogens (tertiary/aromatic N) is 2. The Morgan fingerprint density at radius 1 is 0.692 bits per heavy atom. The van der Waals surface area contributed by atoms with Crippen LogP contribution in [0.4, 0.5) is 0 Å². The first-order valence-electron chi connectivity index (χ1n) is 25.8. The molecule has 1 fully saturated rings. The maximum atomic E-state index is 12.5. The molecule has 0 saturated carbocycles. The second-order valence-electron chi connectivity index (χ2n) is 18.5. The first kappa shape index (κ1) is 78.2. The van der Waals surface area contributed by atoms with E-state index in [0.29, 0.717) is 45.7 Å². The molecular formula is C58H93N3O15P2. The summed E-state index contributed by atoms with van der Waals surface area (Å²) in [4.78, 5) is 83.9. The van der Waals surface area contributed by atoms with E-state index in [9.17, 15) is 43.4 Å². The Kier molecular flexibility index (Phi) is 43.8. The molecule has 2 atom stereocenters. The molecule has 78 heavy (non-hydrogen) atoms. The number of nitrogens with one attached hydrogen (secondary N) is 1. The number of allylic oxidation sites excluding steroid dienone is 1. The standard InChI is InChI=1S/C22H21O2P.C9H17NO4.C8H14O2.C7H13NO.C6H13O3P.C4H8O.CH3NO2.CH4/c1-2-24-22(23)18-25(19-12-6-3-7-13-19,20-14-8-4-9-15-20)21-16-10-5-11-17-21;1-4-9(3,7-10(12)13)6-8(11)14-5-2;1-4-7(3)6-8(9)10-5-2;1-3-7(2)4-6(9)8-5-7;1-4-9-6(7)5-10(2,3)8;1-3-4(2)5;1-2(3)4;/h3-18H,2H2,1H3;4-7H2,1-3H3;6H,4-5H2,1-3H3;3-5H2,1-2H3,(H,8,9);4-5H2,1-3H3;3H2,1-2H3;1H3;1H4/b;;7-6+;;;;;. The van der Waals surface area contributed by atoms with Gasteiger partial charge in [0.15, 0.2) is 7.05 Å². The molecule has 1 saturated heterocycles. The highest BCUT2D eigenvalue weighted by Crippen LogP contribution is 2.43. The van der Waals surface area contributed by atoms with Gasteiger partial charge in [-0.3, -0.25) is 34.6 Å². The van der Waals surface area contributed by atoms with Crippen molar-refractivity contribution in [3.8, 4) is 0 Å². The van der Waals surface area contributed by atoms with Gasteiger partial charge in [0.25, 0.3) is 0 Å². The van der Waals surface area contributed by atoms with Crippen molar-refractivity contribution >= 4 is 71.3 Å². The molecule has 0 aromatic heterocycles. The van der Waals surface area contributed by atoms with Gasteiger partial charge in [-0.05, 0) is 102 Å². The molecule has 1 N–H and O–H groups in total.